The van der Waals surface area contributed by atoms with Crippen molar-refractivity contribution in [3.8, 4) is 17.7 Å². The van der Waals surface area contributed by atoms with Crippen LogP contribution in [0.3, 0.4) is 0 Å². The summed E-state index contributed by atoms with van der Waals surface area (Å²) >= 11 is 6.34. The summed E-state index contributed by atoms with van der Waals surface area (Å²) < 4.78 is 17.2. The van der Waals surface area contributed by atoms with Gasteiger partial charge in [0.2, 0.25) is 0 Å². The van der Waals surface area contributed by atoms with Crippen molar-refractivity contribution in [3.05, 3.63) is 58.7 Å². The Labute approximate surface area is 166 Å². The fourth-order valence-corrected chi connectivity index (χ4v) is 3.72. The molecule has 1 aromatic carbocycles. The number of aromatic amines is 1. The van der Waals surface area contributed by atoms with Crippen molar-refractivity contribution in [1.82, 2.24) is 9.97 Å². The SMILES string of the molecule is O[C@@H]1CO[C@H]2[C@@H]1OC[C@H]2Oc1cc2nc(C#Cc3ccccc3)c(Cl)cc2[nH]1. The van der Waals surface area contributed by atoms with E-state index < -0.39 is 6.10 Å². The topological polar surface area (TPSA) is 76.6 Å². The van der Waals surface area contributed by atoms with Crippen molar-refractivity contribution >= 4 is 22.6 Å². The van der Waals surface area contributed by atoms with E-state index >= 15 is 0 Å². The fourth-order valence-electron chi connectivity index (χ4n) is 3.52. The minimum Gasteiger partial charge on any atom is -0.470 e. The maximum Gasteiger partial charge on any atom is 0.193 e. The first-order valence-electron chi connectivity index (χ1n) is 9.01. The second-order valence-corrected chi connectivity index (χ2v) is 7.23. The number of hydrogen-bond acceptors (Lipinski definition) is 5. The Kier molecular flexibility index (Phi) is 4.46. The Morgan fingerprint density at radius 3 is 2.79 bits per heavy atom. The number of ether oxygens (including phenoxy) is 3. The van der Waals surface area contributed by atoms with Gasteiger partial charge in [-0.3, -0.25) is 0 Å². The van der Waals surface area contributed by atoms with Gasteiger partial charge in [-0.15, -0.1) is 0 Å². The predicted molar refractivity (Wildman–Crippen MR) is 103 cm³/mol. The Morgan fingerprint density at radius 1 is 1.11 bits per heavy atom. The molecule has 142 valence electrons. The van der Waals surface area contributed by atoms with E-state index in [1.807, 2.05) is 30.3 Å². The van der Waals surface area contributed by atoms with E-state index in [9.17, 15) is 5.11 Å². The summed E-state index contributed by atoms with van der Waals surface area (Å²) in [6, 6.07) is 13.3. The van der Waals surface area contributed by atoms with Crippen molar-refractivity contribution in [2.24, 2.45) is 0 Å². The number of hydrogen-bond donors (Lipinski definition) is 2. The standard InChI is InChI=1S/C21H17ClN2O4/c22-13-8-15-16(23-14(13)7-6-12-4-2-1-3-5-12)9-19(24-15)28-18-11-27-20-17(25)10-26-21(18)20/h1-5,8-9,17-18,20-21,24-25H,10-11H2/t17-,18-,20-,21-/m1/s1. The summed E-state index contributed by atoms with van der Waals surface area (Å²) in [6.45, 7) is 0.631. The summed E-state index contributed by atoms with van der Waals surface area (Å²) in [6.07, 6.45) is -1.50. The third kappa shape index (κ3) is 3.23. The maximum atomic E-state index is 9.84. The molecule has 0 bridgehead atoms. The van der Waals surface area contributed by atoms with E-state index in [-0.39, 0.29) is 24.9 Å². The van der Waals surface area contributed by atoms with Crippen LogP contribution in [0.4, 0.5) is 0 Å². The Morgan fingerprint density at radius 2 is 1.93 bits per heavy atom. The fraction of sp³-hybridized carbons (Fsp3) is 0.286. The number of aromatic nitrogens is 2. The van der Waals surface area contributed by atoms with Gasteiger partial charge < -0.3 is 24.3 Å². The van der Waals surface area contributed by atoms with Crippen molar-refractivity contribution in [1.29, 1.82) is 0 Å². The van der Waals surface area contributed by atoms with Crippen molar-refractivity contribution in [2.75, 3.05) is 13.2 Å². The molecule has 2 aromatic heterocycles. The molecule has 0 radical (unpaired) electrons. The molecule has 0 spiro atoms. The summed E-state index contributed by atoms with van der Waals surface area (Å²) in [7, 11) is 0. The van der Waals surface area contributed by atoms with Crippen LogP contribution in [0.15, 0.2) is 42.5 Å². The number of H-pyrrole nitrogens is 1. The first-order valence-corrected chi connectivity index (χ1v) is 9.39. The second kappa shape index (κ2) is 7.12. The third-order valence-electron chi connectivity index (χ3n) is 4.89. The summed E-state index contributed by atoms with van der Waals surface area (Å²) in [4.78, 5) is 7.71. The summed E-state index contributed by atoms with van der Waals surface area (Å²) in [5.41, 5.74) is 2.87. The van der Waals surface area contributed by atoms with Crippen molar-refractivity contribution < 1.29 is 19.3 Å². The predicted octanol–water partition coefficient (Wildman–Crippen LogP) is 2.52. The van der Waals surface area contributed by atoms with Crippen LogP contribution >= 0.6 is 11.6 Å². The summed E-state index contributed by atoms with van der Waals surface area (Å²) in [5, 5.41) is 10.3. The van der Waals surface area contributed by atoms with E-state index in [4.69, 9.17) is 25.8 Å². The van der Waals surface area contributed by atoms with E-state index in [2.05, 4.69) is 21.8 Å². The van der Waals surface area contributed by atoms with Gasteiger partial charge in [0, 0.05) is 11.6 Å². The van der Waals surface area contributed by atoms with Gasteiger partial charge in [0.05, 0.1) is 29.3 Å². The zero-order chi connectivity index (χ0) is 19.1. The molecule has 6 nitrogen and oxygen atoms in total. The highest BCUT2D eigenvalue weighted by Crippen LogP contribution is 2.31. The lowest BCUT2D eigenvalue weighted by Gasteiger charge is -2.16. The van der Waals surface area contributed by atoms with Gasteiger partial charge in [0.1, 0.15) is 24.0 Å². The van der Waals surface area contributed by atoms with Gasteiger partial charge in [-0.2, -0.15) is 0 Å². The van der Waals surface area contributed by atoms with Crippen LogP contribution < -0.4 is 4.74 Å². The van der Waals surface area contributed by atoms with Crippen LogP contribution in [0.5, 0.6) is 5.88 Å². The Hall–Kier alpha value is -2.56. The van der Waals surface area contributed by atoms with Gasteiger partial charge in [-0.1, -0.05) is 35.7 Å². The van der Waals surface area contributed by atoms with Crippen LogP contribution in [0.2, 0.25) is 5.02 Å². The molecule has 4 atom stereocenters. The highest BCUT2D eigenvalue weighted by atomic mass is 35.5. The molecule has 0 saturated carbocycles. The first-order chi connectivity index (χ1) is 13.7. The quantitative estimate of drug-likeness (QED) is 0.651. The maximum absolute atomic E-state index is 9.84. The van der Waals surface area contributed by atoms with E-state index in [1.165, 1.54) is 0 Å². The second-order valence-electron chi connectivity index (χ2n) is 6.82. The molecule has 2 aliphatic heterocycles. The van der Waals surface area contributed by atoms with Gasteiger partial charge >= 0.3 is 0 Å². The molecule has 5 rings (SSSR count). The molecule has 0 amide bonds. The molecule has 2 aliphatic rings. The molecule has 2 saturated heterocycles. The number of aliphatic hydroxyl groups is 1. The minimum atomic E-state index is -0.604. The van der Waals surface area contributed by atoms with E-state index in [1.54, 1.807) is 12.1 Å². The molecule has 0 aliphatic carbocycles. The monoisotopic (exact) mass is 396 g/mol. The lowest BCUT2D eigenvalue weighted by Crippen LogP contribution is -2.34. The van der Waals surface area contributed by atoms with Crippen LogP contribution in [0.25, 0.3) is 11.0 Å². The molecule has 3 aromatic rings. The minimum absolute atomic E-state index is 0.266. The number of fused-ring (bicyclic) bond motifs is 2. The Bertz CT molecular complexity index is 1070. The van der Waals surface area contributed by atoms with E-state index in [0.29, 0.717) is 28.7 Å². The van der Waals surface area contributed by atoms with Crippen LogP contribution in [-0.4, -0.2) is 52.7 Å². The first kappa shape index (κ1) is 17.5. The largest absolute Gasteiger partial charge is 0.470 e. The van der Waals surface area contributed by atoms with Crippen LogP contribution in [-0.2, 0) is 9.47 Å². The smallest absolute Gasteiger partial charge is 0.193 e. The molecule has 28 heavy (non-hydrogen) atoms. The molecule has 7 heteroatoms. The van der Waals surface area contributed by atoms with Crippen LogP contribution in [0, 0.1) is 11.8 Å². The number of aliphatic hydroxyl groups excluding tert-OH is 1. The zero-order valence-electron chi connectivity index (χ0n) is 14.8. The lowest BCUT2D eigenvalue weighted by molar-refractivity contribution is 0.00794. The third-order valence-corrected chi connectivity index (χ3v) is 5.18. The van der Waals surface area contributed by atoms with Crippen molar-refractivity contribution in [2.45, 2.75) is 24.4 Å². The number of nitrogens with one attached hydrogen (secondary N) is 1. The van der Waals surface area contributed by atoms with Crippen LogP contribution in [0.1, 0.15) is 11.3 Å². The number of benzene rings is 1. The van der Waals surface area contributed by atoms with E-state index in [0.717, 1.165) is 11.1 Å². The number of rotatable bonds is 2. The zero-order valence-corrected chi connectivity index (χ0v) is 15.5. The van der Waals surface area contributed by atoms with Gasteiger partial charge in [-0.25, -0.2) is 4.98 Å². The summed E-state index contributed by atoms with van der Waals surface area (Å²) in [5.74, 6) is 6.64. The molecular formula is C21H17ClN2O4. The molecule has 2 fully saturated rings. The number of halogens is 1. The molecule has 4 heterocycles. The number of nitrogens with zero attached hydrogens (tertiary/aromatic N) is 1. The lowest BCUT2D eigenvalue weighted by atomic mass is 10.1. The van der Waals surface area contributed by atoms with Crippen molar-refractivity contribution in [3.63, 3.8) is 0 Å². The van der Waals surface area contributed by atoms with Gasteiger partial charge in [0.15, 0.2) is 12.0 Å². The average molecular weight is 397 g/mol. The molecule has 2 N–H and O–H groups in total. The van der Waals surface area contributed by atoms with Gasteiger partial charge in [0.25, 0.3) is 0 Å². The molecule has 0 unspecified atom stereocenters. The average Bonchev–Trinajstić information content (AvgIpc) is 3.38. The Balaban J connectivity index is 1.39. The van der Waals surface area contributed by atoms with Gasteiger partial charge in [-0.05, 0) is 24.1 Å². The highest BCUT2D eigenvalue weighted by molar-refractivity contribution is 6.32. The number of pyridine rings is 1. The molecular weight excluding hydrogens is 380 g/mol. The highest BCUT2D eigenvalue weighted by Gasteiger charge is 2.48. The normalized spacial score (nSPS) is 26.1.